The van der Waals surface area contributed by atoms with Gasteiger partial charge in [-0.15, -0.1) is 0 Å². The molecule has 282 valence electrons. The van der Waals surface area contributed by atoms with Crippen molar-refractivity contribution in [2.24, 2.45) is 0 Å². The van der Waals surface area contributed by atoms with Crippen molar-refractivity contribution in [2.75, 3.05) is 0 Å². The number of para-hydroxylation sites is 1. The van der Waals surface area contributed by atoms with Gasteiger partial charge in [-0.05, 0) is 69.8 Å². The highest BCUT2D eigenvalue weighted by molar-refractivity contribution is 6.26. The maximum absolute atomic E-state index is 14.4. The fourth-order valence-corrected chi connectivity index (χ4v) is 9.76. The predicted molar refractivity (Wildman–Crippen MR) is 242 cm³/mol. The van der Waals surface area contributed by atoms with Crippen molar-refractivity contribution in [3.63, 3.8) is 0 Å². The number of ketones is 1. The Balaban J connectivity index is 1.09. The number of fused-ring (bicyclic) bond motifs is 9. The summed E-state index contributed by atoms with van der Waals surface area (Å²) in [5.74, 6) is 1.68. The van der Waals surface area contributed by atoms with Gasteiger partial charge in [0.25, 0.3) is 0 Å². The molecule has 5 heteroatoms. The van der Waals surface area contributed by atoms with Crippen LogP contribution in [0.5, 0.6) is 0 Å². The molecule has 0 fully saturated rings. The fraction of sp³-hybridized carbons (Fsp3) is 0.0545. The van der Waals surface area contributed by atoms with E-state index in [1.165, 1.54) is 33.2 Å². The van der Waals surface area contributed by atoms with E-state index in [9.17, 15) is 4.79 Å². The van der Waals surface area contributed by atoms with Crippen molar-refractivity contribution in [2.45, 2.75) is 19.3 Å². The van der Waals surface area contributed by atoms with Crippen LogP contribution in [0.3, 0.4) is 0 Å². The maximum atomic E-state index is 14.4. The molecular weight excluding hydrogens is 733 g/mol. The van der Waals surface area contributed by atoms with Gasteiger partial charge in [0.05, 0.1) is 11.0 Å². The largest absolute Gasteiger partial charge is 0.309 e. The molecule has 2 aliphatic carbocycles. The summed E-state index contributed by atoms with van der Waals surface area (Å²) >= 11 is 0. The maximum Gasteiger partial charge on any atom is 0.194 e. The van der Waals surface area contributed by atoms with Crippen LogP contribution in [0.1, 0.15) is 40.9 Å². The van der Waals surface area contributed by atoms with Crippen molar-refractivity contribution < 1.29 is 4.79 Å². The third kappa shape index (κ3) is 4.99. The molecule has 60 heavy (non-hydrogen) atoms. The third-order valence-electron chi connectivity index (χ3n) is 12.6. The van der Waals surface area contributed by atoms with Gasteiger partial charge in [0.2, 0.25) is 0 Å². The van der Waals surface area contributed by atoms with Crippen molar-refractivity contribution in [3.05, 3.63) is 204 Å². The van der Waals surface area contributed by atoms with E-state index in [4.69, 9.17) is 15.0 Å². The molecule has 0 amide bonds. The number of hydrogen-bond donors (Lipinski definition) is 0. The number of carbonyl (C=O) groups excluding carboxylic acids is 1. The van der Waals surface area contributed by atoms with Crippen LogP contribution in [0.4, 0.5) is 0 Å². The molecule has 0 bridgehead atoms. The van der Waals surface area contributed by atoms with Gasteiger partial charge in [-0.1, -0.05) is 159 Å². The minimum absolute atomic E-state index is 0.00271. The number of aromatic nitrogens is 4. The zero-order chi connectivity index (χ0) is 40.1. The van der Waals surface area contributed by atoms with Gasteiger partial charge in [-0.25, -0.2) is 15.0 Å². The van der Waals surface area contributed by atoms with E-state index in [0.29, 0.717) is 28.6 Å². The molecular formula is C55H36N4O. The Morgan fingerprint density at radius 3 is 1.62 bits per heavy atom. The SMILES string of the molecule is CC1(C)c2ccccc2-c2cc3c4cc(-c5cccc6c5-c5c(cccc5-c5nc(-c7ccccc7)nc(-c7ccccc7)n5)C6=O)ccc4n(-c4ccccc4)c3cc21. The number of benzene rings is 8. The van der Waals surface area contributed by atoms with Crippen LogP contribution in [0.2, 0.25) is 0 Å². The Bertz CT molecular complexity index is 3350. The lowest BCUT2D eigenvalue weighted by molar-refractivity contribution is 0.104. The summed E-state index contributed by atoms with van der Waals surface area (Å²) in [4.78, 5) is 29.5. The molecule has 0 unspecified atom stereocenters. The molecule has 0 saturated heterocycles. The van der Waals surface area contributed by atoms with E-state index in [2.05, 4.69) is 109 Å². The molecule has 2 heterocycles. The Hall–Kier alpha value is -7.76. The molecule has 2 aliphatic rings. The van der Waals surface area contributed by atoms with Gasteiger partial charge in [0, 0.05) is 60.8 Å². The fourth-order valence-electron chi connectivity index (χ4n) is 9.76. The van der Waals surface area contributed by atoms with Gasteiger partial charge in [-0.2, -0.15) is 0 Å². The van der Waals surface area contributed by atoms with Crippen LogP contribution in [0.25, 0.3) is 95.0 Å². The van der Waals surface area contributed by atoms with E-state index in [1.54, 1.807) is 0 Å². The van der Waals surface area contributed by atoms with Crippen molar-refractivity contribution >= 4 is 27.6 Å². The average molecular weight is 769 g/mol. The lowest BCUT2D eigenvalue weighted by atomic mass is 9.82. The first-order valence-electron chi connectivity index (χ1n) is 20.4. The highest BCUT2D eigenvalue weighted by atomic mass is 16.1. The van der Waals surface area contributed by atoms with Crippen LogP contribution in [-0.2, 0) is 5.41 Å². The van der Waals surface area contributed by atoms with E-state index >= 15 is 0 Å². The lowest BCUT2D eigenvalue weighted by Gasteiger charge is -2.21. The number of carbonyl (C=O) groups is 1. The summed E-state index contributed by atoms with van der Waals surface area (Å²) < 4.78 is 2.40. The highest BCUT2D eigenvalue weighted by Crippen LogP contribution is 2.52. The molecule has 8 aromatic carbocycles. The summed E-state index contributed by atoms with van der Waals surface area (Å²) in [7, 11) is 0. The summed E-state index contributed by atoms with van der Waals surface area (Å²) in [5.41, 5.74) is 16.2. The van der Waals surface area contributed by atoms with E-state index in [0.717, 1.165) is 55.5 Å². The second-order valence-electron chi connectivity index (χ2n) is 16.3. The van der Waals surface area contributed by atoms with E-state index in [-0.39, 0.29) is 11.2 Å². The van der Waals surface area contributed by atoms with Gasteiger partial charge < -0.3 is 4.57 Å². The normalized spacial score (nSPS) is 13.3. The first-order chi connectivity index (χ1) is 29.4. The number of rotatable bonds is 5. The highest BCUT2D eigenvalue weighted by Gasteiger charge is 2.37. The second-order valence-corrected chi connectivity index (χ2v) is 16.3. The molecule has 12 rings (SSSR count). The summed E-state index contributed by atoms with van der Waals surface area (Å²) in [6.07, 6.45) is 0. The Labute approximate surface area is 347 Å². The zero-order valence-electron chi connectivity index (χ0n) is 33.0. The van der Waals surface area contributed by atoms with Crippen molar-refractivity contribution in [1.29, 1.82) is 0 Å². The Morgan fingerprint density at radius 2 is 0.933 bits per heavy atom. The van der Waals surface area contributed by atoms with E-state index < -0.39 is 0 Å². The Morgan fingerprint density at radius 1 is 0.400 bits per heavy atom. The lowest BCUT2D eigenvalue weighted by Crippen LogP contribution is -2.14. The monoisotopic (exact) mass is 768 g/mol. The quantitative estimate of drug-likeness (QED) is 0.175. The molecule has 0 atom stereocenters. The van der Waals surface area contributed by atoms with Gasteiger partial charge in [-0.3, -0.25) is 4.79 Å². The topological polar surface area (TPSA) is 60.7 Å². The van der Waals surface area contributed by atoms with Crippen LogP contribution in [-0.4, -0.2) is 25.3 Å². The molecule has 0 N–H and O–H groups in total. The van der Waals surface area contributed by atoms with Crippen LogP contribution >= 0.6 is 0 Å². The van der Waals surface area contributed by atoms with Gasteiger partial charge in [0.15, 0.2) is 23.3 Å². The van der Waals surface area contributed by atoms with Crippen molar-refractivity contribution in [1.82, 2.24) is 19.5 Å². The first kappa shape index (κ1) is 34.3. The van der Waals surface area contributed by atoms with Crippen LogP contribution in [0.15, 0.2) is 182 Å². The first-order valence-corrected chi connectivity index (χ1v) is 20.4. The van der Waals surface area contributed by atoms with Gasteiger partial charge >= 0.3 is 0 Å². The minimum atomic E-state index is -0.131. The zero-order valence-corrected chi connectivity index (χ0v) is 33.0. The number of nitrogens with zero attached hydrogens (tertiary/aromatic N) is 4. The van der Waals surface area contributed by atoms with Crippen LogP contribution < -0.4 is 0 Å². The van der Waals surface area contributed by atoms with Crippen LogP contribution in [0, 0.1) is 0 Å². The van der Waals surface area contributed by atoms with Gasteiger partial charge in [0.1, 0.15) is 0 Å². The molecule has 2 aromatic heterocycles. The summed E-state index contributed by atoms with van der Waals surface area (Å²) in [6.45, 7) is 4.67. The third-order valence-corrected chi connectivity index (χ3v) is 12.6. The minimum Gasteiger partial charge on any atom is -0.309 e. The molecule has 0 spiro atoms. The standard InChI is InChI=1S/C55H36N4O/c1-55(2)45-27-13-12-22-38(45)42-31-44-43-30-35(28-29-47(43)59(48(44)32-46(42)55)36-20-10-5-11-21-36)37-23-14-24-39-49(37)50-40(51(39)60)25-15-26-41(50)54-57-52(33-16-6-3-7-17-33)56-53(58-54)34-18-8-4-9-19-34/h3-32H,1-2H3. The second kappa shape index (κ2) is 12.9. The molecule has 5 nitrogen and oxygen atoms in total. The summed E-state index contributed by atoms with van der Waals surface area (Å²) in [5, 5.41) is 2.35. The summed E-state index contributed by atoms with van der Waals surface area (Å²) in [6, 6.07) is 63.0. The molecule has 0 aliphatic heterocycles. The molecule has 0 radical (unpaired) electrons. The molecule has 10 aromatic rings. The van der Waals surface area contributed by atoms with Crippen molar-refractivity contribution in [3.8, 4) is 73.2 Å². The average Bonchev–Trinajstić information content (AvgIpc) is 3.87. The smallest absolute Gasteiger partial charge is 0.194 e. The predicted octanol–water partition coefficient (Wildman–Crippen LogP) is 13.2. The Kier molecular flexibility index (Phi) is 7.36. The number of hydrogen-bond acceptors (Lipinski definition) is 4. The van der Waals surface area contributed by atoms with E-state index in [1.807, 2.05) is 91.0 Å². The molecule has 0 saturated carbocycles.